The van der Waals surface area contributed by atoms with Gasteiger partial charge in [0.25, 0.3) is 0 Å². The standard InChI is InChI=1S/C33H37N5O2S/c1-24(26-7-10-28(11-8-26)38-19-17-37(18-20-38)23-25-13-15-34-16-14-25)35-30-22-27(31-6-5-21-41-31)9-12-29(30)36-32(39)40-33(2,3)4/h5-16,21-22,35H,1,17-20,23H2,2-4H3,(H,36,39). The second-order valence-corrected chi connectivity index (χ2v) is 12.1. The molecule has 212 valence electrons. The van der Waals surface area contributed by atoms with Crippen LogP contribution in [0.25, 0.3) is 16.1 Å². The number of hydrogen-bond acceptors (Lipinski definition) is 7. The van der Waals surface area contributed by atoms with Gasteiger partial charge >= 0.3 is 6.09 Å². The molecule has 2 N–H and O–H groups in total. The molecule has 1 aliphatic heterocycles. The summed E-state index contributed by atoms with van der Waals surface area (Å²) in [5.41, 5.74) is 6.08. The molecule has 1 amide bonds. The molecule has 1 aliphatic rings. The average Bonchev–Trinajstić information content (AvgIpc) is 3.49. The molecule has 0 bridgehead atoms. The summed E-state index contributed by atoms with van der Waals surface area (Å²) in [6.45, 7) is 14.8. The lowest BCUT2D eigenvalue weighted by Gasteiger charge is -2.36. The number of aromatic nitrogens is 1. The van der Waals surface area contributed by atoms with Gasteiger partial charge in [-0.25, -0.2) is 4.79 Å². The van der Waals surface area contributed by atoms with Gasteiger partial charge in [0.05, 0.1) is 11.4 Å². The number of thiophene rings is 1. The normalized spacial score (nSPS) is 14.0. The van der Waals surface area contributed by atoms with Gasteiger partial charge < -0.3 is 15.0 Å². The van der Waals surface area contributed by atoms with Crippen LogP contribution in [0, 0.1) is 0 Å². The Balaban J connectivity index is 1.25. The quantitative estimate of drug-likeness (QED) is 0.229. The molecule has 1 saturated heterocycles. The van der Waals surface area contributed by atoms with Crippen LogP contribution in [0.3, 0.4) is 0 Å². The van der Waals surface area contributed by atoms with E-state index < -0.39 is 11.7 Å². The van der Waals surface area contributed by atoms with E-state index in [1.54, 1.807) is 11.3 Å². The molecule has 0 aliphatic carbocycles. The molecular formula is C33H37N5O2S. The highest BCUT2D eigenvalue weighted by Crippen LogP contribution is 2.34. The van der Waals surface area contributed by atoms with Crippen LogP contribution in [-0.2, 0) is 11.3 Å². The first-order chi connectivity index (χ1) is 19.7. The maximum atomic E-state index is 12.6. The van der Waals surface area contributed by atoms with Crippen molar-refractivity contribution in [1.29, 1.82) is 0 Å². The fourth-order valence-electron chi connectivity index (χ4n) is 4.79. The van der Waals surface area contributed by atoms with E-state index in [0.29, 0.717) is 5.69 Å². The molecule has 5 rings (SSSR count). The van der Waals surface area contributed by atoms with E-state index in [0.717, 1.165) is 60.1 Å². The summed E-state index contributed by atoms with van der Waals surface area (Å²) in [7, 11) is 0. The summed E-state index contributed by atoms with van der Waals surface area (Å²) in [5.74, 6) is 0. The Hall–Kier alpha value is -4.14. The SMILES string of the molecule is C=C(Nc1cc(-c2cccs2)ccc1NC(=O)OC(C)(C)C)c1ccc(N2CCN(Cc3ccncc3)CC2)cc1. The number of amides is 1. The molecule has 8 heteroatoms. The van der Waals surface area contributed by atoms with Crippen molar-refractivity contribution < 1.29 is 9.53 Å². The summed E-state index contributed by atoms with van der Waals surface area (Å²) < 4.78 is 5.49. The number of nitrogens with zero attached hydrogens (tertiary/aromatic N) is 3. The molecule has 0 unspecified atom stereocenters. The fourth-order valence-corrected chi connectivity index (χ4v) is 5.51. The monoisotopic (exact) mass is 567 g/mol. The lowest BCUT2D eigenvalue weighted by atomic mass is 10.1. The maximum Gasteiger partial charge on any atom is 0.412 e. The molecule has 0 radical (unpaired) electrons. The van der Waals surface area contributed by atoms with Crippen molar-refractivity contribution in [2.45, 2.75) is 32.9 Å². The third kappa shape index (κ3) is 7.74. The number of carbonyl (C=O) groups is 1. The third-order valence-corrected chi connectivity index (χ3v) is 7.77. The van der Waals surface area contributed by atoms with E-state index in [1.165, 1.54) is 11.3 Å². The zero-order chi connectivity index (χ0) is 28.8. The molecule has 4 aromatic rings. The van der Waals surface area contributed by atoms with E-state index in [1.807, 2.05) is 57.4 Å². The number of carbonyl (C=O) groups excluding carboxylic acids is 1. The molecule has 7 nitrogen and oxygen atoms in total. The second kappa shape index (κ2) is 12.6. The zero-order valence-electron chi connectivity index (χ0n) is 23.9. The van der Waals surface area contributed by atoms with Crippen LogP contribution in [0.2, 0.25) is 0 Å². The van der Waals surface area contributed by atoms with Crippen molar-refractivity contribution in [2.75, 3.05) is 41.7 Å². The molecule has 0 spiro atoms. The number of nitrogens with one attached hydrogen (secondary N) is 2. The van der Waals surface area contributed by atoms with E-state index in [2.05, 4.69) is 79.8 Å². The fraction of sp³-hybridized carbons (Fsp3) is 0.273. The highest BCUT2D eigenvalue weighted by Gasteiger charge is 2.19. The smallest absolute Gasteiger partial charge is 0.412 e. The first kappa shape index (κ1) is 28.4. The predicted octanol–water partition coefficient (Wildman–Crippen LogP) is 7.56. The van der Waals surface area contributed by atoms with Crippen LogP contribution in [0.1, 0.15) is 31.9 Å². The average molecular weight is 568 g/mol. The first-order valence-electron chi connectivity index (χ1n) is 13.8. The van der Waals surface area contributed by atoms with Gasteiger partial charge in [-0.15, -0.1) is 11.3 Å². The van der Waals surface area contributed by atoms with Crippen molar-refractivity contribution in [2.24, 2.45) is 0 Å². The molecular weight excluding hydrogens is 530 g/mol. The van der Waals surface area contributed by atoms with Crippen LogP contribution in [0.15, 0.2) is 91.1 Å². The Labute approximate surface area is 246 Å². The Morgan fingerprint density at radius 2 is 1.68 bits per heavy atom. The van der Waals surface area contributed by atoms with Crippen LogP contribution in [-0.4, -0.2) is 47.8 Å². The number of piperazine rings is 1. The number of benzene rings is 2. The molecule has 0 saturated carbocycles. The van der Waals surface area contributed by atoms with Gasteiger partial charge in [-0.3, -0.25) is 15.2 Å². The number of rotatable bonds is 8. The molecule has 1 fully saturated rings. The summed E-state index contributed by atoms with van der Waals surface area (Å²) >= 11 is 1.67. The summed E-state index contributed by atoms with van der Waals surface area (Å²) in [6, 6.07) is 22.7. The van der Waals surface area contributed by atoms with Gasteiger partial charge in [-0.2, -0.15) is 0 Å². The Morgan fingerprint density at radius 1 is 0.951 bits per heavy atom. The van der Waals surface area contributed by atoms with E-state index >= 15 is 0 Å². The van der Waals surface area contributed by atoms with Crippen molar-refractivity contribution >= 4 is 40.2 Å². The van der Waals surface area contributed by atoms with E-state index in [-0.39, 0.29) is 0 Å². The lowest BCUT2D eigenvalue weighted by Crippen LogP contribution is -2.45. The van der Waals surface area contributed by atoms with Crippen LogP contribution < -0.4 is 15.5 Å². The number of ether oxygens (including phenoxy) is 1. The Morgan fingerprint density at radius 3 is 2.34 bits per heavy atom. The summed E-state index contributed by atoms with van der Waals surface area (Å²) in [4.78, 5) is 22.7. The highest BCUT2D eigenvalue weighted by molar-refractivity contribution is 7.13. The summed E-state index contributed by atoms with van der Waals surface area (Å²) in [5, 5.41) is 8.38. The van der Waals surface area contributed by atoms with Gasteiger partial charge in [0, 0.05) is 61.4 Å². The maximum absolute atomic E-state index is 12.6. The van der Waals surface area contributed by atoms with Gasteiger partial charge in [-0.1, -0.05) is 30.8 Å². The Bertz CT molecular complexity index is 1460. The van der Waals surface area contributed by atoms with Crippen LogP contribution >= 0.6 is 11.3 Å². The zero-order valence-corrected chi connectivity index (χ0v) is 24.7. The van der Waals surface area contributed by atoms with Gasteiger partial charge in [0.1, 0.15) is 5.60 Å². The topological polar surface area (TPSA) is 69.7 Å². The first-order valence-corrected chi connectivity index (χ1v) is 14.7. The van der Waals surface area contributed by atoms with Crippen molar-refractivity contribution in [3.8, 4) is 10.4 Å². The van der Waals surface area contributed by atoms with Gasteiger partial charge in [0.15, 0.2) is 0 Å². The molecule has 3 heterocycles. The van der Waals surface area contributed by atoms with Crippen LogP contribution in [0.4, 0.5) is 21.9 Å². The highest BCUT2D eigenvalue weighted by atomic mass is 32.1. The van der Waals surface area contributed by atoms with Gasteiger partial charge in [-0.05, 0) is 85.3 Å². The molecule has 41 heavy (non-hydrogen) atoms. The van der Waals surface area contributed by atoms with Crippen molar-refractivity contribution in [1.82, 2.24) is 9.88 Å². The lowest BCUT2D eigenvalue weighted by molar-refractivity contribution is 0.0636. The van der Waals surface area contributed by atoms with E-state index in [4.69, 9.17) is 4.74 Å². The predicted molar refractivity (Wildman–Crippen MR) is 170 cm³/mol. The minimum absolute atomic E-state index is 0.500. The second-order valence-electron chi connectivity index (χ2n) is 11.1. The third-order valence-electron chi connectivity index (χ3n) is 6.86. The van der Waals surface area contributed by atoms with Gasteiger partial charge in [0.2, 0.25) is 0 Å². The minimum Gasteiger partial charge on any atom is -0.444 e. The van der Waals surface area contributed by atoms with E-state index in [9.17, 15) is 4.79 Å². The number of pyridine rings is 1. The minimum atomic E-state index is -0.591. The number of hydrogen-bond donors (Lipinski definition) is 2. The van der Waals surface area contributed by atoms with Crippen LogP contribution in [0.5, 0.6) is 0 Å². The van der Waals surface area contributed by atoms with Crippen molar-refractivity contribution in [3.05, 3.63) is 102 Å². The Kier molecular flexibility index (Phi) is 8.71. The summed E-state index contributed by atoms with van der Waals surface area (Å²) in [6.07, 6.45) is 3.21. The molecule has 0 atom stereocenters. The largest absolute Gasteiger partial charge is 0.444 e. The molecule has 2 aromatic carbocycles. The van der Waals surface area contributed by atoms with Crippen molar-refractivity contribution in [3.63, 3.8) is 0 Å². The molecule has 2 aromatic heterocycles. The number of anilines is 3.